The average molecular weight is 257 g/mol. The van der Waals surface area contributed by atoms with E-state index in [1.165, 1.54) is 12.1 Å². The van der Waals surface area contributed by atoms with E-state index in [0.29, 0.717) is 17.0 Å². The van der Waals surface area contributed by atoms with Crippen molar-refractivity contribution in [1.82, 2.24) is 4.98 Å². The summed E-state index contributed by atoms with van der Waals surface area (Å²) in [5, 5.41) is 0. The van der Waals surface area contributed by atoms with Crippen LogP contribution in [0.2, 0.25) is 0 Å². The Labute approximate surface area is 113 Å². The summed E-state index contributed by atoms with van der Waals surface area (Å²) in [4.78, 5) is 15.5. The molecule has 3 heteroatoms. The highest BCUT2D eigenvalue weighted by molar-refractivity contribution is 5.75. The van der Waals surface area contributed by atoms with E-state index in [-0.39, 0.29) is 5.43 Å². The topological polar surface area (TPSA) is 43.1 Å². The van der Waals surface area contributed by atoms with Crippen LogP contribution in [-0.2, 0) is 0 Å². The van der Waals surface area contributed by atoms with Crippen LogP contribution in [0.3, 0.4) is 0 Å². The fraction of sp³-hybridized carbons (Fsp3) is 0.250. The molecule has 1 heterocycles. The number of para-hydroxylation sites is 2. The van der Waals surface area contributed by atoms with E-state index in [0.717, 1.165) is 5.52 Å². The minimum Gasteiger partial charge on any atom is -0.453 e. The van der Waals surface area contributed by atoms with Gasteiger partial charge in [-0.1, -0.05) is 39.8 Å². The predicted octanol–water partition coefficient (Wildman–Crippen LogP) is 4.35. The van der Waals surface area contributed by atoms with Crippen LogP contribution in [-0.4, -0.2) is 4.98 Å². The first-order chi connectivity index (χ1) is 9.33. The van der Waals surface area contributed by atoms with Gasteiger partial charge in [-0.15, -0.1) is 0 Å². The van der Waals surface area contributed by atoms with Crippen molar-refractivity contribution in [2.45, 2.75) is 27.7 Å². The van der Waals surface area contributed by atoms with Crippen LogP contribution in [0.25, 0.3) is 22.6 Å². The molecule has 0 saturated heterocycles. The van der Waals surface area contributed by atoms with Crippen molar-refractivity contribution >= 4 is 11.1 Å². The molecule has 1 aliphatic carbocycles. The molecule has 1 aromatic carbocycles. The van der Waals surface area contributed by atoms with E-state index in [9.17, 15) is 4.79 Å². The molecule has 0 fully saturated rings. The van der Waals surface area contributed by atoms with Crippen molar-refractivity contribution in [3.05, 3.63) is 52.7 Å². The van der Waals surface area contributed by atoms with Gasteiger partial charge in [-0.05, 0) is 24.3 Å². The van der Waals surface area contributed by atoms with Gasteiger partial charge in [0.1, 0.15) is 11.2 Å². The zero-order valence-corrected chi connectivity index (χ0v) is 11.8. The zero-order chi connectivity index (χ0) is 14.3. The van der Waals surface area contributed by atoms with Gasteiger partial charge in [-0.3, -0.25) is 4.79 Å². The van der Waals surface area contributed by atoms with Gasteiger partial charge < -0.3 is 4.42 Å². The largest absolute Gasteiger partial charge is 0.453 e. The van der Waals surface area contributed by atoms with Gasteiger partial charge in [-0.2, -0.15) is 0 Å². The van der Waals surface area contributed by atoms with Gasteiger partial charge in [0, 0.05) is 6.07 Å². The highest BCUT2D eigenvalue weighted by Crippen LogP contribution is 2.22. The number of rotatable bonds is 0. The number of fused-ring (bicyclic) bond motifs is 2. The maximum absolute atomic E-state index is 11.1. The quantitative estimate of drug-likeness (QED) is 0.562. The first-order valence-corrected chi connectivity index (χ1v) is 6.62. The zero-order valence-electron chi connectivity index (χ0n) is 11.8. The Morgan fingerprint density at radius 3 is 2.37 bits per heavy atom. The summed E-state index contributed by atoms with van der Waals surface area (Å²) >= 11 is 0. The van der Waals surface area contributed by atoms with Gasteiger partial charge in [-0.25, -0.2) is 4.98 Å². The first-order valence-electron chi connectivity index (χ1n) is 6.62. The summed E-state index contributed by atoms with van der Waals surface area (Å²) in [6.45, 7) is 8.00. The van der Waals surface area contributed by atoms with E-state index >= 15 is 0 Å². The van der Waals surface area contributed by atoms with E-state index in [4.69, 9.17) is 4.42 Å². The highest BCUT2D eigenvalue weighted by Gasteiger charge is 2.07. The second kappa shape index (κ2) is 7.31. The molecule has 0 bridgehead atoms. The molecule has 0 radical (unpaired) electrons. The Hall–Kier alpha value is -2.16. The Kier molecular flexibility index (Phi) is 5.73. The van der Waals surface area contributed by atoms with Crippen molar-refractivity contribution in [2.75, 3.05) is 0 Å². The van der Waals surface area contributed by atoms with Crippen molar-refractivity contribution < 1.29 is 4.42 Å². The normalized spacial score (nSPS) is 9.26. The lowest BCUT2D eigenvalue weighted by Crippen LogP contribution is -1.99. The first kappa shape index (κ1) is 14.9. The molecule has 3 rings (SSSR count). The fourth-order valence-electron chi connectivity index (χ4n) is 1.55. The Morgan fingerprint density at radius 2 is 1.63 bits per heavy atom. The second-order valence-corrected chi connectivity index (χ2v) is 3.31. The van der Waals surface area contributed by atoms with Crippen LogP contribution in [0.15, 0.2) is 51.7 Å². The monoisotopic (exact) mass is 257 g/mol. The molecular formula is C16H19NO2. The number of aromatic nitrogens is 1. The molecule has 1 aromatic rings. The van der Waals surface area contributed by atoms with Gasteiger partial charge in [0.2, 0.25) is 0 Å². The Balaban J connectivity index is 0.000000415. The Bertz CT molecular complexity index is 658. The summed E-state index contributed by atoms with van der Waals surface area (Å²) in [7, 11) is 0. The lowest BCUT2D eigenvalue weighted by atomic mass is 10.2. The van der Waals surface area contributed by atoms with Crippen molar-refractivity contribution in [1.29, 1.82) is 0 Å². The van der Waals surface area contributed by atoms with Crippen LogP contribution in [0.4, 0.5) is 0 Å². The summed E-state index contributed by atoms with van der Waals surface area (Å²) in [6, 6.07) is 12.1. The summed E-state index contributed by atoms with van der Waals surface area (Å²) < 4.78 is 5.56. The van der Waals surface area contributed by atoms with Gasteiger partial charge in [0.25, 0.3) is 0 Å². The third kappa shape index (κ3) is 3.41. The second-order valence-electron chi connectivity index (χ2n) is 3.31. The van der Waals surface area contributed by atoms with Crippen LogP contribution < -0.4 is 5.43 Å². The van der Waals surface area contributed by atoms with Crippen molar-refractivity contribution in [3.63, 3.8) is 0 Å². The highest BCUT2D eigenvalue weighted by atomic mass is 16.3. The lowest BCUT2D eigenvalue weighted by Gasteiger charge is -2.04. The summed E-state index contributed by atoms with van der Waals surface area (Å²) in [5.74, 6) is 0.529. The minimum atomic E-state index is -0.0664. The molecule has 0 spiro atoms. The van der Waals surface area contributed by atoms with Gasteiger partial charge >= 0.3 is 0 Å². The standard InChI is InChI=1S/C12H7NO2.2C2H6/c14-8-5-6-10-12(7-8)15-11-4-2-1-3-9(11)13-10;2*1-2/h1-7H;2*1-2H3. The molecule has 0 saturated carbocycles. The Morgan fingerprint density at radius 1 is 0.947 bits per heavy atom. The molecule has 2 aliphatic rings. The van der Waals surface area contributed by atoms with E-state index < -0.39 is 0 Å². The molecule has 0 aromatic heterocycles. The van der Waals surface area contributed by atoms with E-state index in [2.05, 4.69) is 4.98 Å². The lowest BCUT2D eigenvalue weighted by molar-refractivity contribution is 0.612. The van der Waals surface area contributed by atoms with E-state index in [1.807, 2.05) is 52.0 Å². The van der Waals surface area contributed by atoms with Crippen LogP contribution >= 0.6 is 0 Å². The minimum absolute atomic E-state index is 0.0664. The number of hydrogen-bond acceptors (Lipinski definition) is 3. The molecule has 100 valence electrons. The number of nitrogens with zero attached hydrogens (tertiary/aromatic N) is 1. The maximum atomic E-state index is 11.1. The molecule has 0 atom stereocenters. The van der Waals surface area contributed by atoms with Gasteiger partial charge in [0.15, 0.2) is 16.8 Å². The third-order valence-electron chi connectivity index (χ3n) is 2.26. The van der Waals surface area contributed by atoms with Crippen molar-refractivity contribution in [3.8, 4) is 11.5 Å². The molecule has 1 aliphatic heterocycles. The van der Waals surface area contributed by atoms with Crippen LogP contribution in [0.1, 0.15) is 27.7 Å². The summed E-state index contributed by atoms with van der Waals surface area (Å²) in [5.41, 5.74) is 2.12. The van der Waals surface area contributed by atoms with E-state index in [1.54, 1.807) is 6.07 Å². The third-order valence-corrected chi connectivity index (χ3v) is 2.26. The summed E-state index contributed by atoms with van der Waals surface area (Å²) in [6.07, 6.45) is 0. The predicted molar refractivity (Wildman–Crippen MR) is 79.6 cm³/mol. The molecule has 0 unspecified atom stereocenters. The van der Waals surface area contributed by atoms with Crippen molar-refractivity contribution in [2.24, 2.45) is 0 Å². The number of hydrogen-bond donors (Lipinski definition) is 0. The van der Waals surface area contributed by atoms with Gasteiger partial charge in [0.05, 0.1) is 0 Å². The molecule has 19 heavy (non-hydrogen) atoms. The SMILES string of the molecule is CC.CC.O=c1ccc2nc3ccccc3oc-2c1. The maximum Gasteiger partial charge on any atom is 0.182 e. The smallest absolute Gasteiger partial charge is 0.182 e. The molecular weight excluding hydrogens is 238 g/mol. The number of benzene rings is 2. The molecule has 0 N–H and O–H groups in total. The molecule has 0 amide bonds. The average Bonchev–Trinajstić information content (AvgIpc) is 2.49. The molecule has 3 nitrogen and oxygen atoms in total. The van der Waals surface area contributed by atoms with Crippen LogP contribution in [0.5, 0.6) is 0 Å². The van der Waals surface area contributed by atoms with Crippen LogP contribution in [0, 0.1) is 0 Å². The fourth-order valence-corrected chi connectivity index (χ4v) is 1.55.